The Morgan fingerprint density at radius 3 is 2.47 bits per heavy atom. The molecular weight excluding hydrogens is 490 g/mol. The van der Waals surface area contributed by atoms with Crippen LogP contribution in [0.2, 0.25) is 0 Å². The molecule has 0 aliphatic heterocycles. The molecule has 0 saturated heterocycles. The van der Waals surface area contributed by atoms with Crippen LogP contribution in [0.25, 0.3) is 0 Å². The molecule has 0 radical (unpaired) electrons. The van der Waals surface area contributed by atoms with Gasteiger partial charge in [0.1, 0.15) is 6.10 Å². The maximum absolute atomic E-state index is 13.5. The highest BCUT2D eigenvalue weighted by atomic mass is 16.7. The van der Waals surface area contributed by atoms with Crippen LogP contribution in [0.1, 0.15) is 44.5 Å². The molecule has 1 aromatic rings. The number of para-hydroxylation sites is 1. The van der Waals surface area contributed by atoms with Crippen LogP contribution in [0.5, 0.6) is 0 Å². The first kappa shape index (κ1) is 26.4. The molecule has 0 spiro atoms. The molecule has 0 amide bonds. The molecule has 4 aliphatic rings. The Balaban J connectivity index is 1.67. The molecule has 8 atom stereocenters. The highest BCUT2D eigenvalue weighted by molar-refractivity contribution is 6.00. The van der Waals surface area contributed by atoms with Gasteiger partial charge in [-0.2, -0.15) is 0 Å². The van der Waals surface area contributed by atoms with Crippen LogP contribution in [0.3, 0.4) is 0 Å². The number of hydrogen-bond donors (Lipinski definition) is 4. The topological polar surface area (TPSA) is 142 Å². The summed E-state index contributed by atoms with van der Waals surface area (Å²) in [5, 5.41) is 35.6. The minimum Gasteiger partial charge on any atom is -0.454 e. The Kier molecular flexibility index (Phi) is 6.04. The number of carboxylic acid groups (broad SMARTS) is 1. The number of ether oxygens (including phenoxy) is 2. The van der Waals surface area contributed by atoms with Gasteiger partial charge in [-0.05, 0) is 36.6 Å². The van der Waals surface area contributed by atoms with E-state index in [1.165, 1.54) is 0 Å². The lowest BCUT2D eigenvalue weighted by atomic mass is 9.60. The lowest BCUT2D eigenvalue weighted by Gasteiger charge is -2.51. The Labute approximate surface area is 221 Å². The molecule has 2 fully saturated rings. The normalized spacial score (nSPS) is 38.4. The zero-order chi connectivity index (χ0) is 27.8. The number of ketones is 1. The number of benzene rings is 1. The fourth-order valence-electron chi connectivity index (χ4n) is 7.96. The third-order valence-electron chi connectivity index (χ3n) is 9.79. The van der Waals surface area contributed by atoms with Gasteiger partial charge in [-0.25, -0.2) is 9.59 Å². The fourth-order valence-corrected chi connectivity index (χ4v) is 7.96. The molecule has 5 rings (SSSR count). The molecule has 0 heterocycles. The third-order valence-corrected chi connectivity index (χ3v) is 9.79. The van der Waals surface area contributed by atoms with Crippen molar-refractivity contribution in [1.29, 1.82) is 0 Å². The first-order chi connectivity index (χ1) is 17.9. The van der Waals surface area contributed by atoms with Crippen LogP contribution in [0.15, 0.2) is 47.6 Å². The van der Waals surface area contributed by atoms with Crippen molar-refractivity contribution in [3.8, 4) is 0 Å². The second kappa shape index (κ2) is 8.68. The summed E-state index contributed by atoms with van der Waals surface area (Å²) < 4.78 is 11.8. The summed E-state index contributed by atoms with van der Waals surface area (Å²) in [6.07, 6.45) is 1.25. The van der Waals surface area contributed by atoms with Crippen LogP contribution < -0.4 is 5.32 Å². The van der Waals surface area contributed by atoms with Crippen molar-refractivity contribution in [2.24, 2.45) is 35.0 Å². The number of esters is 1. The monoisotopic (exact) mass is 525 g/mol. The summed E-state index contributed by atoms with van der Waals surface area (Å²) in [5.41, 5.74) is -1.84. The number of aliphatic hydroxyl groups is 2. The van der Waals surface area contributed by atoms with Crippen molar-refractivity contribution in [3.05, 3.63) is 53.1 Å². The van der Waals surface area contributed by atoms with E-state index in [1.807, 2.05) is 13.8 Å². The van der Waals surface area contributed by atoms with Crippen LogP contribution in [0.4, 0.5) is 10.5 Å². The first-order valence-electron chi connectivity index (χ1n) is 13.0. The summed E-state index contributed by atoms with van der Waals surface area (Å²) in [6, 6.07) is 6.82. The number of nitrogens with one attached hydrogen (secondary N) is 1. The van der Waals surface area contributed by atoms with E-state index in [-0.39, 0.29) is 18.0 Å². The lowest BCUT2D eigenvalue weighted by molar-refractivity contribution is -0.195. The number of carbonyl (C=O) groups excluding carboxylic acids is 2. The van der Waals surface area contributed by atoms with Crippen molar-refractivity contribution in [1.82, 2.24) is 0 Å². The Morgan fingerprint density at radius 2 is 1.84 bits per heavy atom. The number of Topliss-reactive ketones (excluding diaryl/α,β-unsaturated/α-hetero) is 1. The summed E-state index contributed by atoms with van der Waals surface area (Å²) in [4.78, 5) is 38.7. The molecule has 9 nitrogen and oxygen atoms in total. The number of aliphatic hydroxyl groups excluding tert-OH is 1. The summed E-state index contributed by atoms with van der Waals surface area (Å²) >= 11 is 0. The van der Waals surface area contributed by atoms with E-state index in [2.05, 4.69) is 5.32 Å². The molecule has 2 saturated carbocycles. The van der Waals surface area contributed by atoms with Gasteiger partial charge >= 0.3 is 12.1 Å². The third kappa shape index (κ3) is 3.34. The molecule has 1 aromatic carbocycles. The van der Waals surface area contributed by atoms with Gasteiger partial charge in [-0.3, -0.25) is 4.79 Å². The van der Waals surface area contributed by atoms with E-state index < -0.39 is 64.4 Å². The zero-order valence-electron chi connectivity index (χ0n) is 22.2. The number of anilines is 1. The van der Waals surface area contributed by atoms with E-state index in [0.29, 0.717) is 23.3 Å². The van der Waals surface area contributed by atoms with Crippen molar-refractivity contribution in [2.75, 3.05) is 19.0 Å². The second-order valence-electron chi connectivity index (χ2n) is 11.7. The summed E-state index contributed by atoms with van der Waals surface area (Å²) in [6.45, 7) is 6.85. The van der Waals surface area contributed by atoms with Crippen LogP contribution >= 0.6 is 0 Å². The van der Waals surface area contributed by atoms with Crippen molar-refractivity contribution >= 4 is 23.6 Å². The minimum absolute atomic E-state index is 0.0826. The molecule has 204 valence electrons. The molecule has 0 bridgehead atoms. The van der Waals surface area contributed by atoms with Gasteiger partial charge in [0.15, 0.2) is 11.4 Å². The number of rotatable bonds is 5. The van der Waals surface area contributed by atoms with Gasteiger partial charge in [0.2, 0.25) is 0 Å². The molecule has 0 unspecified atom stereocenters. The van der Waals surface area contributed by atoms with E-state index >= 15 is 0 Å². The average molecular weight is 526 g/mol. The van der Waals surface area contributed by atoms with Crippen LogP contribution in [-0.4, -0.2) is 64.2 Å². The van der Waals surface area contributed by atoms with Crippen molar-refractivity contribution in [2.45, 2.75) is 51.4 Å². The van der Waals surface area contributed by atoms with Crippen LogP contribution in [0, 0.1) is 35.0 Å². The molecule has 9 heteroatoms. The van der Waals surface area contributed by atoms with Gasteiger partial charge in [0.25, 0.3) is 0 Å². The highest BCUT2D eigenvalue weighted by Crippen LogP contribution is 2.77. The predicted molar refractivity (Wildman–Crippen MR) is 137 cm³/mol. The number of allylic oxidation sites excluding steroid dienone is 1. The Morgan fingerprint density at radius 1 is 1.16 bits per heavy atom. The highest BCUT2D eigenvalue weighted by Gasteiger charge is 2.87. The van der Waals surface area contributed by atoms with Crippen molar-refractivity contribution in [3.63, 3.8) is 0 Å². The Hall–Kier alpha value is -3.17. The van der Waals surface area contributed by atoms with Gasteiger partial charge in [0, 0.05) is 47.7 Å². The maximum Gasteiger partial charge on any atom is 0.506 e. The number of carbonyl (C=O) groups is 3. The van der Waals surface area contributed by atoms with Gasteiger partial charge < -0.3 is 30.1 Å². The predicted octanol–water partition coefficient (Wildman–Crippen LogP) is 3.42. The summed E-state index contributed by atoms with van der Waals surface area (Å²) in [7, 11) is 1.68. The molecule has 4 aliphatic carbocycles. The molecular formula is C29H35NO8. The van der Waals surface area contributed by atoms with E-state index in [9.17, 15) is 29.7 Å². The molecule has 38 heavy (non-hydrogen) atoms. The maximum atomic E-state index is 13.5. The van der Waals surface area contributed by atoms with E-state index in [0.717, 1.165) is 0 Å². The van der Waals surface area contributed by atoms with Gasteiger partial charge in [-0.1, -0.05) is 45.1 Å². The summed E-state index contributed by atoms with van der Waals surface area (Å²) in [5.74, 6) is -3.93. The number of hydrogen-bond acceptors (Lipinski definition) is 8. The smallest absolute Gasteiger partial charge is 0.454 e. The molecule has 0 aromatic heterocycles. The van der Waals surface area contributed by atoms with Gasteiger partial charge in [0.05, 0.1) is 17.8 Å². The first-order valence-corrected chi connectivity index (χ1v) is 13.0. The minimum atomic E-state index is -1.56. The van der Waals surface area contributed by atoms with Crippen LogP contribution in [-0.2, 0) is 14.3 Å². The Bertz CT molecular complexity index is 1270. The van der Waals surface area contributed by atoms with E-state index in [4.69, 9.17) is 9.47 Å². The second-order valence-corrected chi connectivity index (χ2v) is 11.7. The van der Waals surface area contributed by atoms with E-state index in [1.54, 1.807) is 57.3 Å². The lowest BCUT2D eigenvalue weighted by Crippen LogP contribution is -2.63. The van der Waals surface area contributed by atoms with Crippen molar-refractivity contribution < 1.29 is 39.2 Å². The zero-order valence-corrected chi connectivity index (χ0v) is 22.2. The standard InChI is InChI=1S/C29H35NO8/c1-14-10-19-18(22(14)32)11-16(13-31)12-20-23-27(3,4)29(23,38-26(34)35)24(15(2)28(19,20)36)37-25(33)17-8-6-7-9-21(17)30-5/h6-10,12,15,18-20,23-24,30-31,36H,11,13H2,1-5H3,(H,34,35)/t15-,18+,19-,20+,23-,24-,28+,29-/m1/s1. The van der Waals surface area contributed by atoms with Gasteiger partial charge in [-0.15, -0.1) is 0 Å². The average Bonchev–Trinajstić information content (AvgIpc) is 3.27. The SMILES string of the molecule is CNc1ccccc1C(=O)O[C@@H]1[C@@H](C)[C@]2(O)[C@@H]3C=C(C)C(=O)[C@H]3CC(CO)=C[C@H]2[C@@H]2C(C)(C)[C@]12OC(=O)O. The largest absolute Gasteiger partial charge is 0.506 e. The fraction of sp³-hybridized carbons (Fsp3) is 0.552. The quantitative estimate of drug-likeness (QED) is 0.336. The number of fused-ring (bicyclic) bond motifs is 5. The molecule has 4 N–H and O–H groups in total.